The molecule has 6 nitrogen and oxygen atoms in total. The number of hydrogen-bond donors (Lipinski definition) is 1. The molecule has 0 radical (unpaired) electrons. The minimum absolute atomic E-state index is 0.372. The lowest BCUT2D eigenvalue weighted by atomic mass is 10.2. The van der Waals surface area contributed by atoms with Crippen LogP contribution < -0.4 is 5.32 Å². The summed E-state index contributed by atoms with van der Waals surface area (Å²) >= 11 is 0. The molecule has 1 N–H and O–H groups in total. The Morgan fingerprint density at radius 2 is 1.74 bits per heavy atom. The van der Waals surface area contributed by atoms with Gasteiger partial charge in [-0.2, -0.15) is 4.98 Å². The van der Waals surface area contributed by atoms with E-state index in [0.29, 0.717) is 17.3 Å². The van der Waals surface area contributed by atoms with Crippen molar-refractivity contribution in [3.8, 4) is 11.4 Å². The second-order valence-electron chi connectivity index (χ2n) is 4.69. The highest BCUT2D eigenvalue weighted by Gasteiger charge is 2.06. The van der Waals surface area contributed by atoms with Crippen LogP contribution in [0.15, 0.2) is 60.9 Å². The summed E-state index contributed by atoms with van der Waals surface area (Å²) in [4.78, 5) is 24.1. The quantitative estimate of drug-likeness (QED) is 0.746. The van der Waals surface area contributed by atoms with Gasteiger partial charge in [-0.25, -0.2) is 14.8 Å². The van der Waals surface area contributed by atoms with Gasteiger partial charge in [0.15, 0.2) is 5.82 Å². The Labute approximate surface area is 133 Å². The van der Waals surface area contributed by atoms with Gasteiger partial charge in [-0.3, -0.25) is 0 Å². The van der Waals surface area contributed by atoms with Crippen molar-refractivity contribution in [1.82, 2.24) is 15.0 Å². The van der Waals surface area contributed by atoms with Crippen LogP contribution in [-0.2, 0) is 4.74 Å². The van der Waals surface area contributed by atoms with Gasteiger partial charge in [-0.15, -0.1) is 0 Å². The summed E-state index contributed by atoms with van der Waals surface area (Å²) in [6.07, 6.45) is 1.46. The predicted octanol–water partition coefficient (Wildman–Crippen LogP) is 3.07. The van der Waals surface area contributed by atoms with Gasteiger partial charge in [0, 0.05) is 11.3 Å². The number of nitrogens with one attached hydrogen (secondary N) is 1. The fourth-order valence-electron chi connectivity index (χ4n) is 2.02. The molecule has 3 aromatic rings. The van der Waals surface area contributed by atoms with Gasteiger partial charge in [0.05, 0.1) is 12.7 Å². The van der Waals surface area contributed by atoms with Crippen LogP contribution >= 0.6 is 0 Å². The Kier molecular flexibility index (Phi) is 4.24. The molecule has 3 rings (SSSR count). The number of methoxy groups -OCH3 is 1. The number of anilines is 2. The first-order chi connectivity index (χ1) is 11.3. The molecule has 0 saturated heterocycles. The van der Waals surface area contributed by atoms with E-state index < -0.39 is 0 Å². The van der Waals surface area contributed by atoms with Crippen molar-refractivity contribution in [3.05, 3.63) is 66.5 Å². The molecule has 1 heterocycles. The molecule has 23 heavy (non-hydrogen) atoms. The maximum absolute atomic E-state index is 11.4. The molecular weight excluding hydrogens is 292 g/mol. The van der Waals surface area contributed by atoms with E-state index in [2.05, 4.69) is 25.0 Å². The minimum Gasteiger partial charge on any atom is -0.465 e. The van der Waals surface area contributed by atoms with E-state index in [-0.39, 0.29) is 5.97 Å². The topological polar surface area (TPSA) is 77.0 Å². The Morgan fingerprint density at radius 1 is 1.00 bits per heavy atom. The van der Waals surface area contributed by atoms with Crippen LogP contribution in [0, 0.1) is 0 Å². The van der Waals surface area contributed by atoms with Crippen molar-refractivity contribution < 1.29 is 9.53 Å². The van der Waals surface area contributed by atoms with Gasteiger partial charge in [-0.1, -0.05) is 30.3 Å². The third kappa shape index (κ3) is 3.49. The highest BCUT2D eigenvalue weighted by molar-refractivity contribution is 5.89. The van der Waals surface area contributed by atoms with Gasteiger partial charge in [0.1, 0.15) is 6.33 Å². The number of nitrogens with zero attached hydrogens (tertiary/aromatic N) is 3. The molecule has 0 unspecified atom stereocenters. The van der Waals surface area contributed by atoms with Crippen molar-refractivity contribution in [2.24, 2.45) is 0 Å². The second-order valence-corrected chi connectivity index (χ2v) is 4.69. The van der Waals surface area contributed by atoms with E-state index >= 15 is 0 Å². The van der Waals surface area contributed by atoms with Crippen LogP contribution in [0.4, 0.5) is 11.6 Å². The lowest BCUT2D eigenvalue weighted by Crippen LogP contribution is -2.02. The fourth-order valence-corrected chi connectivity index (χ4v) is 2.02. The lowest BCUT2D eigenvalue weighted by Gasteiger charge is -2.06. The number of benzene rings is 2. The fraction of sp³-hybridized carbons (Fsp3) is 0.0588. The molecule has 0 aliphatic carbocycles. The number of ether oxygens (including phenoxy) is 1. The van der Waals surface area contributed by atoms with Crippen molar-refractivity contribution in [3.63, 3.8) is 0 Å². The summed E-state index contributed by atoms with van der Waals surface area (Å²) < 4.78 is 4.67. The van der Waals surface area contributed by atoms with Crippen LogP contribution in [0.25, 0.3) is 11.4 Å². The first-order valence-electron chi connectivity index (χ1n) is 6.96. The molecule has 0 amide bonds. The van der Waals surface area contributed by atoms with Gasteiger partial charge in [0.25, 0.3) is 0 Å². The zero-order valence-corrected chi connectivity index (χ0v) is 12.4. The summed E-state index contributed by atoms with van der Waals surface area (Å²) in [5.74, 6) is 0.655. The van der Waals surface area contributed by atoms with Crippen molar-refractivity contribution in [2.75, 3.05) is 12.4 Å². The summed E-state index contributed by atoms with van der Waals surface area (Å²) in [6.45, 7) is 0. The number of rotatable bonds is 4. The van der Waals surface area contributed by atoms with Crippen molar-refractivity contribution in [2.45, 2.75) is 0 Å². The second kappa shape index (κ2) is 6.65. The molecule has 0 aliphatic rings. The van der Waals surface area contributed by atoms with E-state index in [4.69, 9.17) is 0 Å². The Balaban J connectivity index is 1.79. The number of carbonyl (C=O) groups is 1. The van der Waals surface area contributed by atoms with E-state index in [1.807, 2.05) is 30.3 Å². The molecule has 0 atom stereocenters. The monoisotopic (exact) mass is 306 g/mol. The van der Waals surface area contributed by atoms with E-state index in [1.165, 1.54) is 13.4 Å². The standard InChI is InChI=1S/C17H14N4O2/c1-23-16(22)13-7-9-14(10-8-13)20-17-19-11-18-15(21-17)12-5-3-2-4-6-12/h2-11H,1H3,(H,18,19,20,21). The predicted molar refractivity (Wildman–Crippen MR) is 86.3 cm³/mol. The lowest BCUT2D eigenvalue weighted by molar-refractivity contribution is 0.0601. The molecule has 0 bridgehead atoms. The Morgan fingerprint density at radius 3 is 2.43 bits per heavy atom. The number of aromatic nitrogens is 3. The average Bonchev–Trinajstić information content (AvgIpc) is 2.63. The third-order valence-electron chi connectivity index (χ3n) is 3.17. The third-order valence-corrected chi connectivity index (χ3v) is 3.17. The Hall–Kier alpha value is -3.28. The molecular formula is C17H14N4O2. The van der Waals surface area contributed by atoms with Crippen LogP contribution in [0.1, 0.15) is 10.4 Å². The maximum Gasteiger partial charge on any atom is 0.337 e. The minimum atomic E-state index is -0.372. The first kappa shape index (κ1) is 14.6. The summed E-state index contributed by atoms with van der Waals surface area (Å²) in [6, 6.07) is 16.5. The molecule has 0 fully saturated rings. The molecule has 114 valence electrons. The zero-order valence-electron chi connectivity index (χ0n) is 12.4. The summed E-state index contributed by atoms with van der Waals surface area (Å²) in [5.41, 5.74) is 2.17. The van der Waals surface area contributed by atoms with E-state index in [1.54, 1.807) is 24.3 Å². The molecule has 2 aromatic carbocycles. The normalized spacial score (nSPS) is 10.1. The summed E-state index contributed by atoms with van der Waals surface area (Å²) in [7, 11) is 1.35. The SMILES string of the molecule is COC(=O)c1ccc(Nc2ncnc(-c3ccccc3)n2)cc1. The molecule has 6 heteroatoms. The van der Waals surface area contributed by atoms with Crippen LogP contribution in [0.5, 0.6) is 0 Å². The first-order valence-corrected chi connectivity index (χ1v) is 6.96. The van der Waals surface area contributed by atoms with Gasteiger partial charge < -0.3 is 10.1 Å². The van der Waals surface area contributed by atoms with Gasteiger partial charge in [-0.05, 0) is 24.3 Å². The molecule has 0 saturated carbocycles. The largest absolute Gasteiger partial charge is 0.465 e. The number of carbonyl (C=O) groups excluding carboxylic acids is 1. The summed E-state index contributed by atoms with van der Waals surface area (Å²) in [5, 5.41) is 3.08. The van der Waals surface area contributed by atoms with E-state index in [9.17, 15) is 4.79 Å². The molecule has 1 aromatic heterocycles. The number of esters is 1. The van der Waals surface area contributed by atoms with Crippen molar-refractivity contribution in [1.29, 1.82) is 0 Å². The molecule has 0 aliphatic heterocycles. The molecule has 0 spiro atoms. The van der Waals surface area contributed by atoms with Crippen molar-refractivity contribution >= 4 is 17.6 Å². The highest BCUT2D eigenvalue weighted by atomic mass is 16.5. The van der Waals surface area contributed by atoms with Gasteiger partial charge >= 0.3 is 5.97 Å². The zero-order chi connectivity index (χ0) is 16.1. The number of hydrogen-bond acceptors (Lipinski definition) is 6. The van der Waals surface area contributed by atoms with Crippen LogP contribution in [0.3, 0.4) is 0 Å². The van der Waals surface area contributed by atoms with Crippen LogP contribution in [-0.4, -0.2) is 28.0 Å². The average molecular weight is 306 g/mol. The smallest absolute Gasteiger partial charge is 0.337 e. The Bertz CT molecular complexity index is 804. The highest BCUT2D eigenvalue weighted by Crippen LogP contribution is 2.17. The van der Waals surface area contributed by atoms with Crippen LogP contribution in [0.2, 0.25) is 0 Å². The maximum atomic E-state index is 11.4. The van der Waals surface area contributed by atoms with Gasteiger partial charge in [0.2, 0.25) is 5.95 Å². The van der Waals surface area contributed by atoms with E-state index in [0.717, 1.165) is 11.3 Å².